The number of ether oxygens (including phenoxy) is 3. The highest BCUT2D eigenvalue weighted by Crippen LogP contribution is 2.39. The first-order valence-corrected chi connectivity index (χ1v) is 7.11. The molecule has 112 valence electrons. The molecule has 1 N–H and O–H groups in total. The lowest BCUT2D eigenvalue weighted by Gasteiger charge is -2.16. The van der Waals surface area contributed by atoms with Gasteiger partial charge in [-0.2, -0.15) is 0 Å². The number of pyridine rings is 1. The molecule has 0 saturated heterocycles. The zero-order valence-electron chi connectivity index (χ0n) is 12.1. The predicted molar refractivity (Wildman–Crippen MR) is 85.4 cm³/mol. The fourth-order valence-electron chi connectivity index (χ4n) is 2.01. The molecule has 2 rings (SSSR count). The van der Waals surface area contributed by atoms with Crippen LogP contribution >= 0.6 is 15.9 Å². The summed E-state index contributed by atoms with van der Waals surface area (Å²) in [5, 5.41) is 3.30. The van der Waals surface area contributed by atoms with Crippen molar-refractivity contribution in [3.05, 3.63) is 40.6 Å². The average Bonchev–Trinajstić information content (AvgIpc) is 2.51. The third-order valence-corrected chi connectivity index (χ3v) is 3.41. The minimum absolute atomic E-state index is 0.585. The molecule has 0 fully saturated rings. The first-order valence-electron chi connectivity index (χ1n) is 6.31. The predicted octanol–water partition coefficient (Wildman–Crippen LogP) is 3.48. The molecule has 21 heavy (non-hydrogen) atoms. The van der Waals surface area contributed by atoms with E-state index in [1.807, 2.05) is 18.2 Å². The van der Waals surface area contributed by atoms with E-state index in [1.54, 1.807) is 33.7 Å². The molecule has 1 aromatic heterocycles. The summed E-state index contributed by atoms with van der Waals surface area (Å²) in [5.74, 6) is 1.89. The van der Waals surface area contributed by atoms with Crippen molar-refractivity contribution < 1.29 is 14.2 Å². The molecule has 5 nitrogen and oxygen atoms in total. The number of hydrogen-bond donors (Lipinski definition) is 1. The number of halogens is 1. The molecule has 2 aromatic rings. The van der Waals surface area contributed by atoms with Crippen molar-refractivity contribution in [3.63, 3.8) is 0 Å². The van der Waals surface area contributed by atoms with E-state index in [-0.39, 0.29) is 0 Å². The van der Waals surface area contributed by atoms with Crippen LogP contribution in [0.15, 0.2) is 35.1 Å². The third kappa shape index (κ3) is 3.58. The Morgan fingerprint density at radius 3 is 2.43 bits per heavy atom. The Hall–Kier alpha value is -1.95. The zero-order chi connectivity index (χ0) is 15.2. The molecular formula is C15H17BrN2O3. The topological polar surface area (TPSA) is 52.6 Å². The SMILES string of the molecule is COc1ccc(CNc2cncc(Br)c2)c(OC)c1OC. The second-order valence-corrected chi connectivity index (χ2v) is 5.15. The summed E-state index contributed by atoms with van der Waals surface area (Å²) < 4.78 is 17.0. The van der Waals surface area contributed by atoms with Gasteiger partial charge in [-0.3, -0.25) is 4.98 Å². The van der Waals surface area contributed by atoms with Crippen molar-refractivity contribution in [1.29, 1.82) is 0 Å². The maximum atomic E-state index is 5.45. The Bertz CT molecular complexity index is 620. The summed E-state index contributed by atoms with van der Waals surface area (Å²) in [7, 11) is 4.81. The molecular weight excluding hydrogens is 336 g/mol. The molecule has 1 aromatic carbocycles. The Kier molecular flexibility index (Phi) is 5.27. The number of rotatable bonds is 6. The summed E-state index contributed by atoms with van der Waals surface area (Å²) in [4.78, 5) is 4.11. The monoisotopic (exact) mass is 352 g/mol. The van der Waals surface area contributed by atoms with Crippen LogP contribution in [0, 0.1) is 0 Å². The molecule has 0 amide bonds. The summed E-state index contributed by atoms with van der Waals surface area (Å²) >= 11 is 3.39. The summed E-state index contributed by atoms with van der Waals surface area (Å²) in [5.41, 5.74) is 1.89. The van der Waals surface area contributed by atoms with E-state index in [4.69, 9.17) is 14.2 Å². The second kappa shape index (κ2) is 7.17. The van der Waals surface area contributed by atoms with E-state index < -0.39 is 0 Å². The van der Waals surface area contributed by atoms with Crippen LogP contribution in [0.25, 0.3) is 0 Å². The highest BCUT2D eigenvalue weighted by molar-refractivity contribution is 9.10. The summed E-state index contributed by atoms with van der Waals surface area (Å²) in [6.07, 6.45) is 3.50. The van der Waals surface area contributed by atoms with Crippen LogP contribution < -0.4 is 19.5 Å². The van der Waals surface area contributed by atoms with Gasteiger partial charge in [0.05, 0.1) is 33.2 Å². The Balaban J connectivity index is 2.23. The fraction of sp³-hybridized carbons (Fsp3) is 0.267. The van der Waals surface area contributed by atoms with Crippen LogP contribution in [0.2, 0.25) is 0 Å². The van der Waals surface area contributed by atoms with Crippen molar-refractivity contribution in [2.75, 3.05) is 26.6 Å². The third-order valence-electron chi connectivity index (χ3n) is 2.97. The van der Waals surface area contributed by atoms with Crippen molar-refractivity contribution in [2.24, 2.45) is 0 Å². The van der Waals surface area contributed by atoms with Gasteiger partial charge in [0.2, 0.25) is 5.75 Å². The molecule has 0 bridgehead atoms. The maximum absolute atomic E-state index is 5.45. The lowest BCUT2D eigenvalue weighted by atomic mass is 10.1. The van der Waals surface area contributed by atoms with Gasteiger partial charge in [0.1, 0.15) is 0 Å². The van der Waals surface area contributed by atoms with Gasteiger partial charge in [0.15, 0.2) is 11.5 Å². The molecule has 0 unspecified atom stereocenters. The Labute approximate surface area is 132 Å². The standard InChI is InChI=1S/C15H17BrN2O3/c1-19-13-5-4-10(14(20-2)15(13)21-3)7-18-12-6-11(16)8-17-9-12/h4-6,8-9,18H,7H2,1-3H3. The first kappa shape index (κ1) is 15.4. The van der Waals surface area contributed by atoms with Crippen molar-refractivity contribution in [1.82, 2.24) is 4.98 Å². The summed E-state index contributed by atoms with van der Waals surface area (Å²) in [6.45, 7) is 0.585. The minimum atomic E-state index is 0.585. The number of nitrogens with zero attached hydrogens (tertiary/aromatic N) is 1. The highest BCUT2D eigenvalue weighted by atomic mass is 79.9. The van der Waals surface area contributed by atoms with E-state index in [0.717, 1.165) is 15.7 Å². The average molecular weight is 353 g/mol. The zero-order valence-corrected chi connectivity index (χ0v) is 13.7. The van der Waals surface area contributed by atoms with Crippen LogP contribution in [0.4, 0.5) is 5.69 Å². The van der Waals surface area contributed by atoms with E-state index in [0.29, 0.717) is 23.8 Å². The van der Waals surface area contributed by atoms with Gasteiger partial charge >= 0.3 is 0 Å². The number of benzene rings is 1. The molecule has 0 saturated carbocycles. The smallest absolute Gasteiger partial charge is 0.203 e. The Morgan fingerprint density at radius 2 is 1.81 bits per heavy atom. The van der Waals surface area contributed by atoms with E-state index in [2.05, 4.69) is 26.2 Å². The first-order chi connectivity index (χ1) is 10.2. The lowest BCUT2D eigenvalue weighted by Crippen LogP contribution is -2.04. The quantitative estimate of drug-likeness (QED) is 0.862. The van der Waals surface area contributed by atoms with Gasteiger partial charge in [-0.05, 0) is 34.1 Å². The molecule has 0 aliphatic rings. The molecule has 0 atom stereocenters. The van der Waals surface area contributed by atoms with Crippen LogP contribution in [0.3, 0.4) is 0 Å². The highest BCUT2D eigenvalue weighted by Gasteiger charge is 2.15. The summed E-state index contributed by atoms with van der Waals surface area (Å²) in [6, 6.07) is 5.76. The van der Waals surface area contributed by atoms with Crippen LogP contribution in [0.5, 0.6) is 17.2 Å². The Morgan fingerprint density at radius 1 is 1.05 bits per heavy atom. The van der Waals surface area contributed by atoms with Crippen molar-refractivity contribution >= 4 is 21.6 Å². The fourth-order valence-corrected chi connectivity index (χ4v) is 2.37. The van der Waals surface area contributed by atoms with Gasteiger partial charge in [-0.25, -0.2) is 0 Å². The lowest BCUT2D eigenvalue weighted by molar-refractivity contribution is 0.322. The van der Waals surface area contributed by atoms with E-state index in [1.165, 1.54) is 0 Å². The molecule has 6 heteroatoms. The van der Waals surface area contributed by atoms with Crippen molar-refractivity contribution in [2.45, 2.75) is 6.54 Å². The van der Waals surface area contributed by atoms with Gasteiger partial charge in [0.25, 0.3) is 0 Å². The normalized spacial score (nSPS) is 10.1. The van der Waals surface area contributed by atoms with Gasteiger partial charge in [-0.1, -0.05) is 0 Å². The van der Waals surface area contributed by atoms with E-state index in [9.17, 15) is 0 Å². The molecule has 0 radical (unpaired) electrons. The molecule has 0 aliphatic carbocycles. The minimum Gasteiger partial charge on any atom is -0.493 e. The maximum Gasteiger partial charge on any atom is 0.203 e. The molecule has 0 spiro atoms. The molecule has 1 heterocycles. The largest absolute Gasteiger partial charge is 0.493 e. The second-order valence-electron chi connectivity index (χ2n) is 4.24. The van der Waals surface area contributed by atoms with Gasteiger partial charge < -0.3 is 19.5 Å². The van der Waals surface area contributed by atoms with Gasteiger partial charge in [-0.15, -0.1) is 0 Å². The van der Waals surface area contributed by atoms with Crippen LogP contribution in [-0.2, 0) is 6.54 Å². The van der Waals surface area contributed by atoms with Gasteiger partial charge in [0, 0.05) is 22.8 Å². The van der Waals surface area contributed by atoms with Crippen molar-refractivity contribution in [3.8, 4) is 17.2 Å². The molecule has 0 aliphatic heterocycles. The van der Waals surface area contributed by atoms with E-state index >= 15 is 0 Å². The number of hydrogen-bond acceptors (Lipinski definition) is 5. The number of methoxy groups -OCH3 is 3. The number of nitrogens with one attached hydrogen (secondary N) is 1. The number of anilines is 1. The van der Waals surface area contributed by atoms with Crippen LogP contribution in [0.1, 0.15) is 5.56 Å². The van der Waals surface area contributed by atoms with Crippen LogP contribution in [-0.4, -0.2) is 26.3 Å². The number of aromatic nitrogens is 1.